The van der Waals surface area contributed by atoms with E-state index in [9.17, 15) is 4.79 Å². The van der Waals surface area contributed by atoms with Crippen LogP contribution in [0.4, 0.5) is 4.79 Å². The molecule has 0 radical (unpaired) electrons. The Morgan fingerprint density at radius 3 is 2.44 bits per heavy atom. The molecule has 0 bridgehead atoms. The largest absolute Gasteiger partial charge is 0.453 e. The second-order valence-electron chi connectivity index (χ2n) is 5.35. The van der Waals surface area contributed by atoms with Crippen molar-refractivity contribution in [2.45, 2.75) is 26.8 Å². The lowest BCUT2D eigenvalue weighted by molar-refractivity contribution is 0.136. The maximum Gasteiger partial charge on any atom is 0.446 e. The minimum absolute atomic E-state index is 0.0660. The third kappa shape index (κ3) is 7.58. The van der Waals surface area contributed by atoms with Crippen LogP contribution in [0.1, 0.15) is 20.8 Å². The lowest BCUT2D eigenvalue weighted by Gasteiger charge is -2.35. The van der Waals surface area contributed by atoms with E-state index in [1.54, 1.807) is 14.0 Å². The first-order valence-corrected chi connectivity index (χ1v) is 12.6. The van der Waals surface area contributed by atoms with Gasteiger partial charge in [-0.1, -0.05) is 23.4 Å². The fourth-order valence-corrected chi connectivity index (χ4v) is 5.79. The molecule has 1 amide bonds. The summed E-state index contributed by atoms with van der Waals surface area (Å²) in [6.45, 7) is 7.66. The number of amides is 1. The number of rotatable bonds is 7. The van der Waals surface area contributed by atoms with Crippen LogP contribution in [-0.4, -0.2) is 45.5 Å². The highest BCUT2D eigenvalue weighted by Crippen LogP contribution is 2.53. The van der Waals surface area contributed by atoms with Crippen molar-refractivity contribution in [2.75, 3.05) is 20.0 Å². The lowest BCUT2D eigenvalue weighted by Crippen LogP contribution is -2.30. The van der Waals surface area contributed by atoms with Gasteiger partial charge in [-0.25, -0.2) is 9.10 Å². The lowest BCUT2D eigenvalue weighted by atomic mass is 10.3. The van der Waals surface area contributed by atoms with Gasteiger partial charge in [0.15, 0.2) is 6.42 Å². The van der Waals surface area contributed by atoms with Crippen LogP contribution in [0.15, 0.2) is 35.5 Å². The van der Waals surface area contributed by atoms with E-state index in [0.29, 0.717) is 10.8 Å². The zero-order valence-electron chi connectivity index (χ0n) is 15.2. The molecule has 1 atom stereocenters. The van der Waals surface area contributed by atoms with Crippen molar-refractivity contribution in [3.05, 3.63) is 30.3 Å². The molecule has 25 heavy (non-hydrogen) atoms. The van der Waals surface area contributed by atoms with Crippen LogP contribution < -0.4 is 4.52 Å². The van der Waals surface area contributed by atoms with Crippen LogP contribution in [0.2, 0.25) is 0 Å². The van der Waals surface area contributed by atoms with Crippen molar-refractivity contribution in [2.24, 2.45) is 5.16 Å². The van der Waals surface area contributed by atoms with E-state index in [1.807, 2.05) is 61.2 Å². The summed E-state index contributed by atoms with van der Waals surface area (Å²) >= 11 is 8.33. The fourth-order valence-electron chi connectivity index (χ4n) is 1.65. The Bertz CT molecular complexity index is 643. The molecule has 1 aromatic carbocycles. The van der Waals surface area contributed by atoms with E-state index >= 15 is 0 Å². The third-order valence-electron chi connectivity index (χ3n) is 2.83. The van der Waals surface area contributed by atoms with E-state index < -0.39 is 12.5 Å². The Kier molecular flexibility index (Phi) is 9.30. The van der Waals surface area contributed by atoms with Gasteiger partial charge in [-0.15, -0.1) is 11.8 Å². The molecule has 10 heteroatoms. The standard InChI is InChI=1S/C15H24N3O3PS3/c1-12(2)18(22(5,23)21-14-10-8-7-9-11-14)25-17(4)15(19)20-16-13(3)24-6/h7-12H,1-6H3. The van der Waals surface area contributed by atoms with Gasteiger partial charge in [-0.05, 0) is 51.0 Å². The molecule has 0 fully saturated rings. The quantitative estimate of drug-likeness (QED) is 0.153. The molecule has 1 unspecified atom stereocenters. The summed E-state index contributed by atoms with van der Waals surface area (Å²) in [5.74, 6) is 0.713. The summed E-state index contributed by atoms with van der Waals surface area (Å²) in [6.07, 6.45) is -1.09. The van der Waals surface area contributed by atoms with E-state index in [-0.39, 0.29) is 6.04 Å². The Hall–Kier alpha value is -0.730. The summed E-state index contributed by atoms with van der Waals surface area (Å²) in [4.78, 5) is 17.0. The van der Waals surface area contributed by atoms with Crippen molar-refractivity contribution in [3.63, 3.8) is 0 Å². The molecule has 140 valence electrons. The van der Waals surface area contributed by atoms with Gasteiger partial charge < -0.3 is 4.52 Å². The predicted molar refractivity (Wildman–Crippen MR) is 113 cm³/mol. The Morgan fingerprint density at radius 2 is 1.92 bits per heavy atom. The molecular weight excluding hydrogens is 397 g/mol. The normalized spacial score (nSPS) is 14.3. The summed E-state index contributed by atoms with van der Waals surface area (Å²) in [5.41, 5.74) is 0. The van der Waals surface area contributed by atoms with Crippen molar-refractivity contribution in [1.29, 1.82) is 0 Å². The smallest absolute Gasteiger partial charge is 0.446 e. The Morgan fingerprint density at radius 1 is 1.32 bits per heavy atom. The number of carbonyl (C=O) groups is 1. The summed E-state index contributed by atoms with van der Waals surface area (Å²) in [7, 11) is 1.62. The van der Waals surface area contributed by atoms with Crippen LogP contribution in [0.5, 0.6) is 5.75 Å². The molecule has 0 saturated heterocycles. The number of benzene rings is 1. The van der Waals surface area contributed by atoms with Crippen molar-refractivity contribution < 1.29 is 14.2 Å². The Labute approximate surface area is 163 Å². The molecular formula is C15H24N3O3PS3. The van der Waals surface area contributed by atoms with Gasteiger partial charge >= 0.3 is 6.09 Å². The van der Waals surface area contributed by atoms with Crippen LogP contribution in [0.25, 0.3) is 0 Å². The number of oxime groups is 1. The van der Waals surface area contributed by atoms with Crippen molar-refractivity contribution in [3.8, 4) is 5.75 Å². The molecule has 0 aliphatic carbocycles. The molecule has 0 saturated carbocycles. The number of thioether (sulfide) groups is 1. The number of nitrogens with zero attached hydrogens (tertiary/aromatic N) is 3. The summed E-state index contributed by atoms with van der Waals surface area (Å²) < 4.78 is 9.32. The van der Waals surface area contributed by atoms with E-state index in [1.165, 1.54) is 28.2 Å². The van der Waals surface area contributed by atoms with Gasteiger partial charge in [0.1, 0.15) is 10.8 Å². The van der Waals surface area contributed by atoms with Gasteiger partial charge in [-0.3, -0.25) is 4.84 Å². The first-order valence-electron chi connectivity index (χ1n) is 7.50. The molecule has 6 nitrogen and oxygen atoms in total. The first kappa shape index (κ1) is 22.3. The second-order valence-corrected chi connectivity index (χ2v) is 12.0. The molecule has 0 aromatic heterocycles. The molecule has 0 spiro atoms. The van der Waals surface area contributed by atoms with E-state index in [4.69, 9.17) is 21.2 Å². The molecule has 1 aromatic rings. The second kappa shape index (κ2) is 10.4. The third-order valence-corrected chi connectivity index (χ3v) is 8.42. The van der Waals surface area contributed by atoms with Gasteiger partial charge in [0.25, 0.3) is 0 Å². The van der Waals surface area contributed by atoms with E-state index in [0.717, 1.165) is 0 Å². The fraction of sp³-hybridized carbons (Fsp3) is 0.467. The minimum atomic E-state index is -2.38. The summed E-state index contributed by atoms with van der Waals surface area (Å²) in [5, 5.41) is 4.42. The van der Waals surface area contributed by atoms with Crippen LogP contribution in [0, 0.1) is 0 Å². The number of para-hydroxylation sites is 1. The monoisotopic (exact) mass is 421 g/mol. The van der Waals surface area contributed by atoms with Gasteiger partial charge in [0.2, 0.25) is 0 Å². The maximum absolute atomic E-state index is 12.1. The van der Waals surface area contributed by atoms with Gasteiger partial charge in [0, 0.05) is 19.8 Å². The average Bonchev–Trinajstić information content (AvgIpc) is 2.56. The van der Waals surface area contributed by atoms with Gasteiger partial charge in [-0.2, -0.15) is 4.08 Å². The molecule has 1 rings (SSSR count). The van der Waals surface area contributed by atoms with Crippen LogP contribution in [0.3, 0.4) is 0 Å². The van der Waals surface area contributed by atoms with Gasteiger partial charge in [0.05, 0.1) is 12.1 Å². The highest BCUT2D eigenvalue weighted by atomic mass is 32.5. The highest BCUT2D eigenvalue weighted by Gasteiger charge is 2.30. The highest BCUT2D eigenvalue weighted by molar-refractivity contribution is 8.16. The SMILES string of the molecule is CSC(C)=NOC(=O)N(C)SN(C(C)C)P(C)(=S)Oc1ccccc1. The number of hydrogen-bond donors (Lipinski definition) is 0. The van der Waals surface area contributed by atoms with E-state index in [2.05, 4.69) is 5.16 Å². The van der Waals surface area contributed by atoms with Crippen LogP contribution in [-0.2, 0) is 16.6 Å². The zero-order chi connectivity index (χ0) is 19.0. The van der Waals surface area contributed by atoms with Crippen molar-refractivity contribution in [1.82, 2.24) is 8.38 Å². The predicted octanol–water partition coefficient (Wildman–Crippen LogP) is 5.04. The molecule has 0 heterocycles. The first-order chi connectivity index (χ1) is 11.7. The topological polar surface area (TPSA) is 54.4 Å². The van der Waals surface area contributed by atoms with Crippen molar-refractivity contribution >= 4 is 53.3 Å². The molecule has 0 N–H and O–H groups in total. The maximum atomic E-state index is 12.1. The number of hydrogen-bond acceptors (Lipinski definition) is 7. The van der Waals surface area contributed by atoms with Crippen LogP contribution >= 0.6 is 30.3 Å². The Balaban J connectivity index is 2.81. The number of carbonyl (C=O) groups excluding carboxylic acids is 1. The zero-order valence-corrected chi connectivity index (χ0v) is 18.5. The average molecular weight is 422 g/mol. The summed E-state index contributed by atoms with van der Waals surface area (Å²) in [6, 6.07) is 9.51. The molecule has 0 aliphatic heterocycles. The minimum Gasteiger partial charge on any atom is -0.453 e. The molecule has 0 aliphatic rings.